The predicted molar refractivity (Wildman–Crippen MR) is 74.9 cm³/mol. The summed E-state index contributed by atoms with van der Waals surface area (Å²) in [6, 6.07) is 0. The lowest BCUT2D eigenvalue weighted by Crippen LogP contribution is -2.40. The first kappa shape index (κ1) is 15.7. The minimum atomic E-state index is -0.860. The van der Waals surface area contributed by atoms with Crippen molar-refractivity contribution in [1.29, 1.82) is 0 Å². The SMILES string of the molecule is CCn1cc(C(=O)NCC(C)(O)CCC(C)C)cn1. The molecule has 108 valence electrons. The number of amides is 1. The second kappa shape index (κ2) is 6.70. The fraction of sp³-hybridized carbons (Fsp3) is 0.714. The summed E-state index contributed by atoms with van der Waals surface area (Å²) in [6.45, 7) is 8.95. The highest BCUT2D eigenvalue weighted by Crippen LogP contribution is 2.15. The average Bonchev–Trinajstić information content (AvgIpc) is 2.82. The minimum Gasteiger partial charge on any atom is -0.388 e. The normalized spacial score (nSPS) is 14.4. The Balaban J connectivity index is 2.44. The van der Waals surface area contributed by atoms with E-state index in [4.69, 9.17) is 0 Å². The van der Waals surface area contributed by atoms with E-state index in [9.17, 15) is 9.90 Å². The molecule has 2 N–H and O–H groups in total. The van der Waals surface area contributed by atoms with Crippen molar-refractivity contribution >= 4 is 5.91 Å². The predicted octanol–water partition coefficient (Wildman–Crippen LogP) is 1.82. The molecule has 0 aromatic carbocycles. The van der Waals surface area contributed by atoms with Crippen molar-refractivity contribution in [1.82, 2.24) is 15.1 Å². The summed E-state index contributed by atoms with van der Waals surface area (Å²) in [5.74, 6) is 0.356. The van der Waals surface area contributed by atoms with Gasteiger partial charge in [0, 0.05) is 19.3 Å². The molecule has 5 nitrogen and oxygen atoms in total. The zero-order valence-electron chi connectivity index (χ0n) is 12.3. The van der Waals surface area contributed by atoms with Crippen molar-refractivity contribution in [3.8, 4) is 0 Å². The van der Waals surface area contributed by atoms with Crippen molar-refractivity contribution in [2.75, 3.05) is 6.54 Å². The van der Waals surface area contributed by atoms with Crippen LogP contribution in [0, 0.1) is 5.92 Å². The van der Waals surface area contributed by atoms with Gasteiger partial charge in [-0.25, -0.2) is 0 Å². The van der Waals surface area contributed by atoms with Gasteiger partial charge < -0.3 is 10.4 Å². The minimum absolute atomic E-state index is 0.190. The fourth-order valence-electron chi connectivity index (χ4n) is 1.71. The lowest BCUT2D eigenvalue weighted by Gasteiger charge is -2.24. The quantitative estimate of drug-likeness (QED) is 0.792. The monoisotopic (exact) mass is 267 g/mol. The molecule has 1 aromatic rings. The van der Waals surface area contributed by atoms with Gasteiger partial charge in [0.05, 0.1) is 17.4 Å². The number of aryl methyl sites for hydroxylation is 1. The third-order valence-corrected chi connectivity index (χ3v) is 3.11. The van der Waals surface area contributed by atoms with Crippen LogP contribution in [-0.2, 0) is 6.54 Å². The van der Waals surface area contributed by atoms with Gasteiger partial charge in [-0.3, -0.25) is 9.48 Å². The fourth-order valence-corrected chi connectivity index (χ4v) is 1.71. The van der Waals surface area contributed by atoms with Crippen LogP contribution >= 0.6 is 0 Å². The second-order valence-corrected chi connectivity index (χ2v) is 5.70. The molecular weight excluding hydrogens is 242 g/mol. The number of hydrogen-bond acceptors (Lipinski definition) is 3. The summed E-state index contributed by atoms with van der Waals surface area (Å²) in [4.78, 5) is 11.9. The third-order valence-electron chi connectivity index (χ3n) is 3.11. The standard InChI is InChI=1S/C14H25N3O2/c1-5-17-9-12(8-16-17)13(18)15-10-14(4,19)7-6-11(2)3/h8-9,11,19H,5-7,10H2,1-4H3,(H,15,18). The molecule has 0 aliphatic rings. The Morgan fingerprint density at radius 1 is 1.58 bits per heavy atom. The van der Waals surface area contributed by atoms with Crippen LogP contribution in [0.5, 0.6) is 0 Å². The first-order valence-corrected chi connectivity index (χ1v) is 6.87. The van der Waals surface area contributed by atoms with Crippen LogP contribution in [-0.4, -0.2) is 32.9 Å². The van der Waals surface area contributed by atoms with E-state index in [2.05, 4.69) is 24.3 Å². The molecule has 1 atom stereocenters. The largest absolute Gasteiger partial charge is 0.388 e. The molecular formula is C14H25N3O2. The first-order chi connectivity index (χ1) is 8.84. The number of nitrogens with one attached hydrogen (secondary N) is 1. The summed E-state index contributed by atoms with van der Waals surface area (Å²) >= 11 is 0. The zero-order valence-corrected chi connectivity index (χ0v) is 12.3. The van der Waals surface area contributed by atoms with Crippen LogP contribution in [0.25, 0.3) is 0 Å². The molecule has 0 aliphatic heterocycles. The lowest BCUT2D eigenvalue weighted by atomic mass is 9.95. The lowest BCUT2D eigenvalue weighted by molar-refractivity contribution is 0.0429. The number of rotatable bonds is 7. The molecule has 1 amide bonds. The van der Waals surface area contributed by atoms with Gasteiger partial charge in [0.25, 0.3) is 5.91 Å². The van der Waals surface area contributed by atoms with E-state index in [-0.39, 0.29) is 12.5 Å². The van der Waals surface area contributed by atoms with Crippen LogP contribution < -0.4 is 5.32 Å². The van der Waals surface area contributed by atoms with E-state index in [0.29, 0.717) is 17.9 Å². The zero-order chi connectivity index (χ0) is 14.5. The molecule has 0 saturated carbocycles. The van der Waals surface area contributed by atoms with E-state index in [1.165, 1.54) is 0 Å². The van der Waals surface area contributed by atoms with Gasteiger partial charge in [-0.2, -0.15) is 5.10 Å². The van der Waals surface area contributed by atoms with E-state index < -0.39 is 5.60 Å². The maximum absolute atomic E-state index is 11.9. The van der Waals surface area contributed by atoms with Crippen LogP contribution in [0.3, 0.4) is 0 Å². The Labute approximate surface area is 115 Å². The van der Waals surface area contributed by atoms with Crippen molar-refractivity contribution in [3.63, 3.8) is 0 Å². The molecule has 0 fully saturated rings. The van der Waals surface area contributed by atoms with Crippen LogP contribution in [0.15, 0.2) is 12.4 Å². The topological polar surface area (TPSA) is 67.2 Å². The van der Waals surface area contributed by atoms with Crippen LogP contribution in [0.2, 0.25) is 0 Å². The second-order valence-electron chi connectivity index (χ2n) is 5.70. The van der Waals surface area contributed by atoms with E-state index in [0.717, 1.165) is 13.0 Å². The van der Waals surface area contributed by atoms with Gasteiger partial charge in [0.1, 0.15) is 0 Å². The van der Waals surface area contributed by atoms with Gasteiger partial charge in [0.2, 0.25) is 0 Å². The molecule has 0 bridgehead atoms. The van der Waals surface area contributed by atoms with Crippen molar-refractivity contribution in [2.45, 2.75) is 52.7 Å². The third kappa shape index (κ3) is 5.42. The van der Waals surface area contributed by atoms with Crippen LogP contribution in [0.1, 0.15) is 50.9 Å². The highest BCUT2D eigenvalue weighted by molar-refractivity contribution is 5.93. The van der Waals surface area contributed by atoms with Crippen LogP contribution in [0.4, 0.5) is 0 Å². The Hall–Kier alpha value is -1.36. The van der Waals surface area contributed by atoms with Gasteiger partial charge in [-0.1, -0.05) is 13.8 Å². The first-order valence-electron chi connectivity index (χ1n) is 6.87. The van der Waals surface area contributed by atoms with Crippen molar-refractivity contribution in [2.24, 2.45) is 5.92 Å². The van der Waals surface area contributed by atoms with Gasteiger partial charge in [-0.15, -0.1) is 0 Å². The Morgan fingerprint density at radius 2 is 2.26 bits per heavy atom. The number of aromatic nitrogens is 2. The number of carbonyl (C=O) groups is 1. The smallest absolute Gasteiger partial charge is 0.254 e. The van der Waals surface area contributed by atoms with Crippen molar-refractivity contribution in [3.05, 3.63) is 18.0 Å². The Bertz CT molecular complexity index is 411. The highest BCUT2D eigenvalue weighted by atomic mass is 16.3. The van der Waals surface area contributed by atoms with E-state index in [1.807, 2.05) is 6.92 Å². The van der Waals surface area contributed by atoms with Gasteiger partial charge in [0.15, 0.2) is 0 Å². The molecule has 0 aliphatic carbocycles. The molecule has 1 rings (SSSR count). The summed E-state index contributed by atoms with van der Waals surface area (Å²) in [5.41, 5.74) is -0.331. The molecule has 19 heavy (non-hydrogen) atoms. The Morgan fingerprint density at radius 3 is 2.79 bits per heavy atom. The molecule has 1 aromatic heterocycles. The molecule has 0 spiro atoms. The average molecular weight is 267 g/mol. The van der Waals surface area contributed by atoms with Gasteiger partial charge >= 0.3 is 0 Å². The molecule has 0 radical (unpaired) electrons. The van der Waals surface area contributed by atoms with Crippen molar-refractivity contribution < 1.29 is 9.90 Å². The summed E-state index contributed by atoms with van der Waals surface area (Å²) in [6.07, 6.45) is 4.87. The number of aliphatic hydroxyl groups is 1. The molecule has 1 heterocycles. The summed E-state index contributed by atoms with van der Waals surface area (Å²) < 4.78 is 1.70. The van der Waals surface area contributed by atoms with E-state index >= 15 is 0 Å². The van der Waals surface area contributed by atoms with Gasteiger partial charge in [-0.05, 0) is 32.6 Å². The Kier molecular flexibility index (Phi) is 5.54. The molecule has 1 unspecified atom stereocenters. The maximum atomic E-state index is 11.9. The number of hydrogen-bond donors (Lipinski definition) is 2. The molecule has 0 saturated heterocycles. The number of carbonyl (C=O) groups excluding carboxylic acids is 1. The highest BCUT2D eigenvalue weighted by Gasteiger charge is 2.22. The summed E-state index contributed by atoms with van der Waals surface area (Å²) in [7, 11) is 0. The summed E-state index contributed by atoms with van der Waals surface area (Å²) in [5, 5.41) is 17.0. The van der Waals surface area contributed by atoms with E-state index in [1.54, 1.807) is 24.0 Å². The molecule has 5 heteroatoms. The number of nitrogens with zero attached hydrogens (tertiary/aromatic N) is 2. The maximum Gasteiger partial charge on any atom is 0.254 e.